The normalized spacial score (nSPS) is 20.9. The van der Waals surface area contributed by atoms with Gasteiger partial charge in [0.15, 0.2) is 0 Å². The van der Waals surface area contributed by atoms with Crippen LogP contribution in [0.1, 0.15) is 61.0 Å². The van der Waals surface area contributed by atoms with E-state index in [2.05, 4.69) is 19.9 Å². The summed E-state index contributed by atoms with van der Waals surface area (Å²) in [7, 11) is 5.14. The number of benzene rings is 2. The van der Waals surface area contributed by atoms with Crippen molar-refractivity contribution in [1.29, 1.82) is 0 Å². The van der Waals surface area contributed by atoms with Crippen molar-refractivity contribution in [3.05, 3.63) is 70.9 Å². The van der Waals surface area contributed by atoms with Gasteiger partial charge in [-0.25, -0.2) is 4.79 Å². The number of amides is 3. The van der Waals surface area contributed by atoms with Crippen LogP contribution in [0, 0.1) is 0 Å². The Morgan fingerprint density at radius 1 is 1.14 bits per heavy atom. The van der Waals surface area contributed by atoms with Crippen LogP contribution in [0.4, 0.5) is 4.79 Å². The van der Waals surface area contributed by atoms with E-state index in [9.17, 15) is 9.59 Å². The number of likely N-dealkylation sites (N-methyl/N-ethyl adjacent to an activating group) is 1. The molecule has 192 valence electrons. The quantitative estimate of drug-likeness (QED) is 0.505. The highest BCUT2D eigenvalue weighted by Crippen LogP contribution is 2.47. The molecule has 2 aliphatic rings. The van der Waals surface area contributed by atoms with E-state index in [1.165, 1.54) is 0 Å². The summed E-state index contributed by atoms with van der Waals surface area (Å²) in [6, 6.07) is 13.2. The van der Waals surface area contributed by atoms with Crippen LogP contribution < -0.4 is 9.47 Å². The average molecular weight is 492 g/mol. The van der Waals surface area contributed by atoms with E-state index in [0.717, 1.165) is 29.0 Å². The zero-order chi connectivity index (χ0) is 26.0. The molecule has 0 aromatic heterocycles. The van der Waals surface area contributed by atoms with E-state index in [1.54, 1.807) is 19.1 Å². The fourth-order valence-electron chi connectivity index (χ4n) is 5.81. The molecule has 2 aromatic carbocycles. The Kier molecular flexibility index (Phi) is 7.29. The highest BCUT2D eigenvalue weighted by atomic mass is 16.5. The van der Waals surface area contributed by atoms with Crippen LogP contribution in [0.3, 0.4) is 0 Å². The SMILES string of the molecule is CCN1C(=O)N2Cc3cc(OC)cc(OC)c3[C@@H](C)C=C2C1(CC)CCN(C)C(=O)c1ccccc1. The standard InChI is InChI=1S/C29H37N3O4/c1-7-29(14-15-30(4)27(33)21-12-10-9-11-13-21)25-16-20(3)26-22(17-23(35-5)18-24(26)36-6)19-31(25)28(34)32(29)8-2/h9-13,16-18,20H,7-8,14-15,19H2,1-6H3/t20-,29?/m0/s1. The number of ether oxygens (including phenoxy) is 2. The molecule has 2 atom stereocenters. The number of hydrogen-bond donors (Lipinski definition) is 0. The molecule has 2 aliphatic heterocycles. The maximum absolute atomic E-state index is 13.8. The molecule has 0 radical (unpaired) electrons. The second-order valence-corrected chi connectivity index (χ2v) is 9.58. The summed E-state index contributed by atoms with van der Waals surface area (Å²) in [5.74, 6) is 1.51. The summed E-state index contributed by atoms with van der Waals surface area (Å²) in [6.07, 6.45) is 3.63. The van der Waals surface area contributed by atoms with Gasteiger partial charge in [0.2, 0.25) is 0 Å². The molecular formula is C29H37N3O4. The lowest BCUT2D eigenvalue weighted by Crippen LogP contribution is -2.48. The van der Waals surface area contributed by atoms with Crippen molar-refractivity contribution >= 4 is 11.9 Å². The highest BCUT2D eigenvalue weighted by Gasteiger charge is 2.52. The fourth-order valence-corrected chi connectivity index (χ4v) is 5.81. The summed E-state index contributed by atoms with van der Waals surface area (Å²) in [5.41, 5.74) is 3.29. The van der Waals surface area contributed by atoms with Gasteiger partial charge < -0.3 is 19.3 Å². The van der Waals surface area contributed by atoms with E-state index in [1.807, 2.05) is 66.2 Å². The number of allylic oxidation sites excluding steroid dienone is 1. The lowest BCUT2D eigenvalue weighted by molar-refractivity contribution is 0.0766. The van der Waals surface area contributed by atoms with Gasteiger partial charge >= 0.3 is 6.03 Å². The van der Waals surface area contributed by atoms with E-state index in [-0.39, 0.29) is 17.9 Å². The third-order valence-corrected chi connectivity index (χ3v) is 7.72. The Balaban J connectivity index is 1.71. The molecule has 7 heteroatoms. The van der Waals surface area contributed by atoms with Crippen molar-refractivity contribution in [3.8, 4) is 11.5 Å². The first-order chi connectivity index (χ1) is 17.3. The largest absolute Gasteiger partial charge is 0.497 e. The third-order valence-electron chi connectivity index (χ3n) is 7.72. The Labute approximate surface area is 214 Å². The van der Waals surface area contributed by atoms with Crippen LogP contribution in [-0.2, 0) is 6.54 Å². The Hall–Kier alpha value is -3.48. The molecule has 0 aliphatic carbocycles. The maximum atomic E-state index is 13.8. The number of carbonyl (C=O) groups is 2. The monoisotopic (exact) mass is 491 g/mol. The predicted molar refractivity (Wildman–Crippen MR) is 140 cm³/mol. The topological polar surface area (TPSA) is 62.3 Å². The van der Waals surface area contributed by atoms with Gasteiger partial charge in [-0.05, 0) is 43.5 Å². The van der Waals surface area contributed by atoms with Gasteiger partial charge in [0.25, 0.3) is 5.91 Å². The second kappa shape index (κ2) is 10.2. The van der Waals surface area contributed by atoms with Gasteiger partial charge in [-0.1, -0.05) is 38.1 Å². The van der Waals surface area contributed by atoms with Crippen LogP contribution in [0.15, 0.2) is 54.2 Å². The van der Waals surface area contributed by atoms with Crippen LogP contribution in [-0.4, -0.2) is 66.5 Å². The van der Waals surface area contributed by atoms with Crippen molar-refractivity contribution in [2.24, 2.45) is 0 Å². The number of urea groups is 1. The van der Waals surface area contributed by atoms with Crippen molar-refractivity contribution < 1.29 is 19.1 Å². The number of fused-ring (bicyclic) bond motifs is 2. The molecule has 1 saturated heterocycles. The summed E-state index contributed by atoms with van der Waals surface area (Å²) >= 11 is 0. The van der Waals surface area contributed by atoms with E-state index in [0.29, 0.717) is 37.4 Å². The van der Waals surface area contributed by atoms with Crippen LogP contribution >= 0.6 is 0 Å². The summed E-state index contributed by atoms with van der Waals surface area (Å²) in [4.78, 5) is 32.5. The molecule has 4 rings (SSSR count). The van der Waals surface area contributed by atoms with Crippen molar-refractivity contribution in [2.45, 2.75) is 51.6 Å². The summed E-state index contributed by atoms with van der Waals surface area (Å²) < 4.78 is 11.2. The molecule has 1 unspecified atom stereocenters. The second-order valence-electron chi connectivity index (χ2n) is 9.58. The number of rotatable bonds is 8. The number of carbonyl (C=O) groups excluding carboxylic acids is 2. The Morgan fingerprint density at radius 2 is 1.86 bits per heavy atom. The Morgan fingerprint density at radius 3 is 2.47 bits per heavy atom. The number of hydrogen-bond acceptors (Lipinski definition) is 4. The molecule has 2 aromatic rings. The van der Waals surface area contributed by atoms with Gasteiger partial charge in [0, 0.05) is 48.9 Å². The van der Waals surface area contributed by atoms with Gasteiger partial charge in [-0.2, -0.15) is 0 Å². The van der Waals surface area contributed by atoms with Gasteiger partial charge in [0.1, 0.15) is 11.5 Å². The zero-order valence-corrected chi connectivity index (χ0v) is 22.2. The van der Waals surface area contributed by atoms with Gasteiger partial charge in [-0.15, -0.1) is 0 Å². The lowest BCUT2D eigenvalue weighted by Gasteiger charge is -2.38. The molecule has 0 bridgehead atoms. The number of nitrogens with zero attached hydrogens (tertiary/aromatic N) is 3. The van der Waals surface area contributed by atoms with Crippen molar-refractivity contribution in [3.63, 3.8) is 0 Å². The highest BCUT2D eigenvalue weighted by molar-refractivity contribution is 5.94. The molecule has 2 heterocycles. The smallest absolute Gasteiger partial charge is 0.325 e. The zero-order valence-electron chi connectivity index (χ0n) is 22.2. The van der Waals surface area contributed by atoms with Gasteiger partial charge in [-0.3, -0.25) is 9.69 Å². The van der Waals surface area contributed by atoms with E-state index >= 15 is 0 Å². The first-order valence-electron chi connectivity index (χ1n) is 12.7. The molecule has 3 amide bonds. The minimum Gasteiger partial charge on any atom is -0.497 e. The summed E-state index contributed by atoms with van der Waals surface area (Å²) in [5, 5.41) is 0. The maximum Gasteiger partial charge on any atom is 0.325 e. The van der Waals surface area contributed by atoms with Gasteiger partial charge in [0.05, 0.1) is 26.3 Å². The van der Waals surface area contributed by atoms with E-state index in [4.69, 9.17) is 9.47 Å². The first-order valence-corrected chi connectivity index (χ1v) is 12.7. The molecule has 0 N–H and O–H groups in total. The molecule has 0 spiro atoms. The van der Waals surface area contributed by atoms with Crippen LogP contribution in [0.25, 0.3) is 0 Å². The van der Waals surface area contributed by atoms with Crippen LogP contribution in [0.2, 0.25) is 0 Å². The first kappa shape index (κ1) is 25.6. The number of methoxy groups -OCH3 is 2. The lowest BCUT2D eigenvalue weighted by atomic mass is 9.85. The molecule has 36 heavy (non-hydrogen) atoms. The fraction of sp³-hybridized carbons (Fsp3) is 0.448. The minimum atomic E-state index is -0.495. The van der Waals surface area contributed by atoms with Crippen molar-refractivity contribution in [2.75, 3.05) is 34.4 Å². The minimum absolute atomic E-state index is 0.00414. The molecule has 7 nitrogen and oxygen atoms in total. The Bertz CT molecular complexity index is 1160. The molecule has 1 fully saturated rings. The van der Waals surface area contributed by atoms with Crippen LogP contribution in [0.5, 0.6) is 11.5 Å². The van der Waals surface area contributed by atoms with Crippen molar-refractivity contribution in [1.82, 2.24) is 14.7 Å². The average Bonchev–Trinajstić information content (AvgIpc) is 3.01. The molecular weight excluding hydrogens is 454 g/mol. The predicted octanol–water partition coefficient (Wildman–Crippen LogP) is 5.27. The summed E-state index contributed by atoms with van der Waals surface area (Å²) in [6.45, 7) is 7.89. The van der Waals surface area contributed by atoms with E-state index < -0.39 is 5.54 Å². The molecule has 0 saturated carbocycles. The third kappa shape index (κ3) is 4.21.